The summed E-state index contributed by atoms with van der Waals surface area (Å²) in [4.78, 5) is 7.98. The highest BCUT2D eigenvalue weighted by atomic mass is 16.5. The molecule has 0 amide bonds. The molecular weight excluding hydrogens is 292 g/mol. The zero-order valence-corrected chi connectivity index (χ0v) is 13.8. The maximum absolute atomic E-state index is 5.90. The van der Waals surface area contributed by atoms with Crippen molar-refractivity contribution in [1.82, 2.24) is 19.7 Å². The molecule has 2 aromatic heterocycles. The van der Waals surface area contributed by atoms with Gasteiger partial charge in [0.2, 0.25) is 0 Å². The van der Waals surface area contributed by atoms with Gasteiger partial charge in [0.05, 0.1) is 18.4 Å². The first-order valence-corrected chi connectivity index (χ1v) is 7.35. The zero-order chi connectivity index (χ0) is 16.6. The Bertz CT molecular complexity index is 842. The van der Waals surface area contributed by atoms with Crippen LogP contribution in [0.4, 0.5) is 0 Å². The minimum absolute atomic E-state index is 0.425. The molecule has 1 N–H and O–H groups in total. The average molecular weight is 312 g/mol. The Morgan fingerprint density at radius 1 is 1.39 bits per heavy atom. The third kappa shape index (κ3) is 2.67. The monoisotopic (exact) mass is 312 g/mol. The van der Waals surface area contributed by atoms with E-state index >= 15 is 0 Å². The van der Waals surface area contributed by atoms with Gasteiger partial charge in [-0.1, -0.05) is 12.6 Å². The summed E-state index contributed by atoms with van der Waals surface area (Å²) in [6, 6.07) is 5.74. The lowest BCUT2D eigenvalue weighted by Crippen LogP contribution is -2.02. The van der Waals surface area contributed by atoms with Crippen molar-refractivity contribution >= 4 is 11.2 Å². The third-order valence-electron chi connectivity index (χ3n) is 3.57. The molecule has 23 heavy (non-hydrogen) atoms. The molecule has 0 radical (unpaired) electrons. The quantitative estimate of drug-likeness (QED) is 0.735. The zero-order valence-electron chi connectivity index (χ0n) is 13.8. The molecule has 3 aromatic rings. The van der Waals surface area contributed by atoms with Crippen LogP contribution in [-0.2, 0) is 7.05 Å². The van der Waals surface area contributed by atoms with E-state index in [1.54, 1.807) is 11.8 Å². The normalized spacial score (nSPS) is 11.0. The van der Waals surface area contributed by atoms with Crippen LogP contribution in [0.3, 0.4) is 0 Å². The Kier molecular flexibility index (Phi) is 3.82. The van der Waals surface area contributed by atoms with Crippen molar-refractivity contribution in [3.63, 3.8) is 0 Å². The number of nitrogens with one attached hydrogen (secondary N) is 1. The summed E-state index contributed by atoms with van der Waals surface area (Å²) in [6.07, 6.45) is 0. The number of benzene rings is 1. The number of para-hydroxylation sites is 1. The summed E-state index contributed by atoms with van der Waals surface area (Å²) in [5.74, 6) is 2.05. The van der Waals surface area contributed by atoms with Gasteiger partial charge in [-0.2, -0.15) is 5.10 Å². The van der Waals surface area contributed by atoms with Gasteiger partial charge in [-0.3, -0.25) is 0 Å². The minimum atomic E-state index is 0.425. The van der Waals surface area contributed by atoms with E-state index in [0.29, 0.717) is 18.1 Å². The summed E-state index contributed by atoms with van der Waals surface area (Å²) in [6.45, 7) is 8.18. The van der Waals surface area contributed by atoms with Gasteiger partial charge in [0.25, 0.3) is 0 Å². The third-order valence-corrected chi connectivity index (χ3v) is 3.57. The molecule has 0 bridgehead atoms. The highest BCUT2D eigenvalue weighted by Crippen LogP contribution is 2.37. The van der Waals surface area contributed by atoms with Crippen LogP contribution in [0.1, 0.15) is 12.6 Å². The van der Waals surface area contributed by atoms with Crippen LogP contribution in [0.2, 0.25) is 0 Å². The van der Waals surface area contributed by atoms with Crippen molar-refractivity contribution in [2.75, 3.05) is 13.7 Å². The lowest BCUT2D eigenvalue weighted by atomic mass is 10.1. The van der Waals surface area contributed by atoms with Gasteiger partial charge in [0.1, 0.15) is 17.9 Å². The first kappa shape index (κ1) is 15.1. The van der Waals surface area contributed by atoms with Crippen molar-refractivity contribution in [2.24, 2.45) is 7.05 Å². The van der Waals surface area contributed by atoms with E-state index in [0.717, 1.165) is 33.8 Å². The molecule has 0 fully saturated rings. The number of ether oxygens (including phenoxy) is 2. The fourth-order valence-electron chi connectivity index (χ4n) is 2.51. The molecule has 6 nitrogen and oxygen atoms in total. The molecule has 0 saturated carbocycles. The number of hydrogen-bond donors (Lipinski definition) is 1. The van der Waals surface area contributed by atoms with E-state index in [1.807, 2.05) is 39.1 Å². The summed E-state index contributed by atoms with van der Waals surface area (Å²) >= 11 is 0. The molecular formula is C17H20N4O2. The number of rotatable bonds is 5. The molecule has 0 unspecified atom stereocenters. The van der Waals surface area contributed by atoms with E-state index < -0.39 is 0 Å². The molecule has 0 spiro atoms. The second-order valence-corrected chi connectivity index (χ2v) is 5.58. The van der Waals surface area contributed by atoms with Gasteiger partial charge in [-0.25, -0.2) is 9.67 Å². The van der Waals surface area contributed by atoms with Crippen molar-refractivity contribution in [1.29, 1.82) is 0 Å². The number of aryl methyl sites for hydroxylation is 2. The van der Waals surface area contributed by atoms with Crippen LogP contribution < -0.4 is 9.47 Å². The number of imidazole rings is 1. The summed E-state index contributed by atoms with van der Waals surface area (Å²) in [5, 5.41) is 4.36. The number of fused-ring (bicyclic) bond motifs is 1. The number of nitrogens with zero attached hydrogens (tertiary/aromatic N) is 3. The topological polar surface area (TPSA) is 65.0 Å². The number of H-pyrrole nitrogens is 1. The molecule has 120 valence electrons. The number of methoxy groups -OCH3 is 1. The maximum Gasteiger partial charge on any atom is 0.176 e. The average Bonchev–Trinajstić information content (AvgIpc) is 3.07. The molecule has 0 aliphatic heterocycles. The fourth-order valence-corrected chi connectivity index (χ4v) is 2.51. The van der Waals surface area contributed by atoms with Crippen LogP contribution in [-0.4, -0.2) is 33.5 Å². The molecule has 2 heterocycles. The van der Waals surface area contributed by atoms with Crippen molar-refractivity contribution in [2.45, 2.75) is 13.8 Å². The molecule has 0 aliphatic carbocycles. The van der Waals surface area contributed by atoms with Crippen molar-refractivity contribution < 1.29 is 9.47 Å². The van der Waals surface area contributed by atoms with Gasteiger partial charge < -0.3 is 14.5 Å². The predicted molar refractivity (Wildman–Crippen MR) is 89.9 cm³/mol. The fraction of sp³-hybridized carbons (Fsp3) is 0.294. The molecule has 3 rings (SSSR count). The second-order valence-electron chi connectivity index (χ2n) is 5.58. The lowest BCUT2D eigenvalue weighted by molar-refractivity contribution is 0.321. The molecule has 1 aromatic carbocycles. The van der Waals surface area contributed by atoms with E-state index in [2.05, 4.69) is 21.6 Å². The van der Waals surface area contributed by atoms with E-state index in [9.17, 15) is 0 Å². The van der Waals surface area contributed by atoms with Gasteiger partial charge in [-0.15, -0.1) is 0 Å². The van der Waals surface area contributed by atoms with Gasteiger partial charge >= 0.3 is 0 Å². The number of aromatic amines is 1. The van der Waals surface area contributed by atoms with E-state index in [-0.39, 0.29) is 0 Å². The van der Waals surface area contributed by atoms with E-state index in [1.165, 1.54) is 0 Å². The highest BCUT2D eigenvalue weighted by molar-refractivity contribution is 5.81. The Morgan fingerprint density at radius 3 is 2.83 bits per heavy atom. The largest absolute Gasteiger partial charge is 0.493 e. The van der Waals surface area contributed by atoms with Crippen LogP contribution in [0.5, 0.6) is 11.5 Å². The second kappa shape index (κ2) is 5.79. The van der Waals surface area contributed by atoms with Gasteiger partial charge in [0, 0.05) is 7.05 Å². The van der Waals surface area contributed by atoms with Gasteiger partial charge in [0.15, 0.2) is 17.1 Å². The van der Waals surface area contributed by atoms with Crippen LogP contribution in [0, 0.1) is 6.92 Å². The minimum Gasteiger partial charge on any atom is -0.493 e. The van der Waals surface area contributed by atoms with Crippen molar-refractivity contribution in [3.8, 4) is 22.9 Å². The first-order chi connectivity index (χ1) is 11.0. The standard InChI is InChI=1S/C17H20N4O2/c1-10(2)9-23-15-12(7-6-8-13(15)22-5)16-18-14-11(3)20-21(4)17(14)19-16/h6-8H,1,9H2,2-5H3,(H,18,19). The Labute approximate surface area is 134 Å². The number of aromatic nitrogens is 4. The highest BCUT2D eigenvalue weighted by Gasteiger charge is 2.18. The molecule has 6 heteroatoms. The summed E-state index contributed by atoms with van der Waals surface area (Å²) < 4.78 is 13.1. The van der Waals surface area contributed by atoms with Crippen molar-refractivity contribution in [3.05, 3.63) is 36.0 Å². The lowest BCUT2D eigenvalue weighted by Gasteiger charge is -2.14. The summed E-state index contributed by atoms with van der Waals surface area (Å²) in [7, 11) is 3.50. The Balaban J connectivity index is 2.13. The maximum atomic E-state index is 5.90. The number of hydrogen-bond acceptors (Lipinski definition) is 4. The molecule has 0 atom stereocenters. The molecule has 0 aliphatic rings. The van der Waals surface area contributed by atoms with Gasteiger partial charge in [-0.05, 0) is 31.6 Å². The smallest absolute Gasteiger partial charge is 0.176 e. The van der Waals surface area contributed by atoms with E-state index in [4.69, 9.17) is 9.47 Å². The molecule has 0 saturated heterocycles. The Morgan fingerprint density at radius 2 is 2.17 bits per heavy atom. The summed E-state index contributed by atoms with van der Waals surface area (Å²) in [5.41, 5.74) is 4.43. The van der Waals surface area contributed by atoms with Crippen LogP contribution in [0.25, 0.3) is 22.6 Å². The van der Waals surface area contributed by atoms with Crippen LogP contribution >= 0.6 is 0 Å². The predicted octanol–water partition coefficient (Wildman–Crippen LogP) is 3.24. The first-order valence-electron chi connectivity index (χ1n) is 7.35. The Hall–Kier alpha value is -2.76. The SMILES string of the molecule is C=C(C)COc1c(OC)cccc1-c1nc2c([nH]1)c(C)nn2C. The van der Waals surface area contributed by atoms with Crippen LogP contribution in [0.15, 0.2) is 30.4 Å².